The van der Waals surface area contributed by atoms with Gasteiger partial charge in [-0.2, -0.15) is 13.0 Å². The molecule has 0 unspecified atom stereocenters. The number of rotatable bonds is 13. The first-order valence-corrected chi connectivity index (χ1v) is 17.6. The third kappa shape index (κ3) is 6.80. The van der Waals surface area contributed by atoms with E-state index in [-0.39, 0.29) is 10.3 Å². The Morgan fingerprint density at radius 1 is 0.867 bits per heavy atom. The second kappa shape index (κ2) is 13.4. The Morgan fingerprint density at radius 3 is 2.33 bits per heavy atom. The second-order valence-electron chi connectivity index (χ2n) is 13.1. The monoisotopic (exact) mass is 627 g/mol. The minimum absolute atomic E-state index is 0.0649. The molecule has 2 aliphatic rings. The Kier molecular flexibility index (Phi) is 9.71. The molecule has 0 aliphatic carbocycles. The molecule has 238 valence electrons. The van der Waals surface area contributed by atoms with Crippen molar-refractivity contribution in [3.8, 4) is 5.75 Å². The first-order chi connectivity index (χ1) is 21.5. The lowest BCUT2D eigenvalue weighted by atomic mass is 9.81. The van der Waals surface area contributed by atoms with Gasteiger partial charge in [0.15, 0.2) is 12.3 Å². The molecule has 2 aliphatic heterocycles. The summed E-state index contributed by atoms with van der Waals surface area (Å²) in [7, 11) is -4.30. The van der Waals surface area contributed by atoms with Gasteiger partial charge in [0.1, 0.15) is 5.75 Å². The predicted molar refractivity (Wildman–Crippen MR) is 184 cm³/mol. The molecule has 2 heterocycles. The number of para-hydroxylation sites is 2. The van der Waals surface area contributed by atoms with Crippen LogP contribution in [0.3, 0.4) is 0 Å². The number of hydrogen-bond donors (Lipinski definition) is 1. The highest BCUT2D eigenvalue weighted by atomic mass is 32.2. The molecule has 3 aromatic rings. The van der Waals surface area contributed by atoms with Crippen LogP contribution in [-0.2, 0) is 20.9 Å². The number of ether oxygens (including phenoxy) is 1. The van der Waals surface area contributed by atoms with Crippen LogP contribution >= 0.6 is 0 Å². The standard InChI is InChI=1S/C38H46N2O4S/c1-6-7-8-14-25-39-34-24-23-30(45(41,42)43)28-32(34)38(4,5)36(39)22-15-21-35-37(2,3)31-19-12-13-20-33(31)40(35)26-16-27-44-29-17-10-9-11-18-29/h9-13,15,17-24,28H,6-8,14,16,25-27H2,1-5H3/p+1. The normalized spacial score (nSPS) is 17.7. The van der Waals surface area contributed by atoms with Gasteiger partial charge in [-0.1, -0.05) is 82.5 Å². The zero-order valence-corrected chi connectivity index (χ0v) is 28.1. The molecule has 0 bridgehead atoms. The SMILES string of the molecule is CCCCCCN1/C(=C/C=C/C2=[N+](CCCOc3ccccc3)c3ccccc3C2(C)C)C(C)(C)c2cc(S(=O)(=O)O)ccc21. The fraction of sp³-hybridized carbons (Fsp3) is 0.395. The third-order valence-electron chi connectivity index (χ3n) is 9.24. The number of hydrogen-bond acceptors (Lipinski definition) is 4. The van der Waals surface area contributed by atoms with Crippen molar-refractivity contribution in [3.63, 3.8) is 0 Å². The van der Waals surface area contributed by atoms with Gasteiger partial charge in [0.2, 0.25) is 5.69 Å². The van der Waals surface area contributed by atoms with Crippen molar-refractivity contribution < 1.29 is 22.3 Å². The largest absolute Gasteiger partial charge is 0.493 e. The van der Waals surface area contributed by atoms with E-state index >= 15 is 0 Å². The van der Waals surface area contributed by atoms with E-state index in [0.29, 0.717) is 6.61 Å². The van der Waals surface area contributed by atoms with Crippen molar-refractivity contribution in [1.29, 1.82) is 0 Å². The second-order valence-corrected chi connectivity index (χ2v) is 14.5. The van der Waals surface area contributed by atoms with E-state index in [0.717, 1.165) is 61.5 Å². The van der Waals surface area contributed by atoms with Crippen molar-refractivity contribution in [3.05, 3.63) is 108 Å². The Morgan fingerprint density at radius 2 is 1.60 bits per heavy atom. The highest BCUT2D eigenvalue weighted by Crippen LogP contribution is 2.48. The van der Waals surface area contributed by atoms with Crippen molar-refractivity contribution >= 4 is 27.2 Å². The minimum atomic E-state index is -4.30. The zero-order chi connectivity index (χ0) is 32.2. The van der Waals surface area contributed by atoms with E-state index in [9.17, 15) is 13.0 Å². The highest BCUT2D eigenvalue weighted by Gasteiger charge is 2.44. The number of unbranched alkanes of at least 4 members (excludes halogenated alkanes) is 3. The summed E-state index contributed by atoms with van der Waals surface area (Å²) in [5.41, 5.74) is 6.19. The Hall–Kier alpha value is -3.68. The molecular formula is C38H47N2O4S+. The molecular weight excluding hydrogens is 580 g/mol. The van der Waals surface area contributed by atoms with Crippen molar-refractivity contribution in [2.24, 2.45) is 0 Å². The van der Waals surface area contributed by atoms with Gasteiger partial charge in [0.25, 0.3) is 10.1 Å². The maximum atomic E-state index is 12.0. The highest BCUT2D eigenvalue weighted by molar-refractivity contribution is 7.85. The molecule has 0 radical (unpaired) electrons. The van der Waals surface area contributed by atoms with E-state index in [1.807, 2.05) is 36.4 Å². The van der Waals surface area contributed by atoms with Crippen molar-refractivity contribution in [2.75, 3.05) is 24.6 Å². The number of nitrogens with zero attached hydrogens (tertiary/aromatic N) is 2. The molecule has 1 N–H and O–H groups in total. The molecule has 0 amide bonds. The lowest BCUT2D eigenvalue weighted by Crippen LogP contribution is -2.28. The maximum Gasteiger partial charge on any atom is 0.294 e. The van der Waals surface area contributed by atoms with Gasteiger partial charge in [0.05, 0.1) is 16.9 Å². The molecule has 5 rings (SSSR count). The van der Waals surface area contributed by atoms with Gasteiger partial charge in [-0.25, -0.2) is 0 Å². The van der Waals surface area contributed by atoms with Crippen LogP contribution in [0.2, 0.25) is 0 Å². The molecule has 0 fully saturated rings. The lowest BCUT2D eigenvalue weighted by Gasteiger charge is -2.27. The average Bonchev–Trinajstić information content (AvgIpc) is 3.36. The predicted octanol–water partition coefficient (Wildman–Crippen LogP) is 8.60. The van der Waals surface area contributed by atoms with Crippen LogP contribution in [0.1, 0.15) is 77.8 Å². The third-order valence-corrected chi connectivity index (χ3v) is 10.1. The van der Waals surface area contributed by atoms with E-state index in [4.69, 9.17) is 4.74 Å². The van der Waals surface area contributed by atoms with Crippen LogP contribution < -0.4 is 9.64 Å². The summed E-state index contributed by atoms with van der Waals surface area (Å²) >= 11 is 0. The Balaban J connectivity index is 1.47. The number of anilines is 1. The molecule has 0 aromatic heterocycles. The van der Waals surface area contributed by atoms with Crippen LogP contribution in [0, 0.1) is 0 Å². The van der Waals surface area contributed by atoms with Gasteiger partial charge in [-0.15, -0.1) is 0 Å². The van der Waals surface area contributed by atoms with Gasteiger partial charge >= 0.3 is 0 Å². The van der Waals surface area contributed by atoms with Gasteiger partial charge < -0.3 is 9.64 Å². The van der Waals surface area contributed by atoms with Crippen LogP contribution in [0.15, 0.2) is 102 Å². The average molecular weight is 628 g/mol. The van der Waals surface area contributed by atoms with E-state index < -0.39 is 15.5 Å². The molecule has 0 atom stereocenters. The fourth-order valence-corrected chi connectivity index (χ4v) is 7.30. The van der Waals surface area contributed by atoms with Crippen LogP contribution in [0.4, 0.5) is 11.4 Å². The van der Waals surface area contributed by atoms with Gasteiger partial charge in [-0.05, 0) is 62.2 Å². The van der Waals surface area contributed by atoms with E-state index in [1.54, 1.807) is 6.07 Å². The smallest absolute Gasteiger partial charge is 0.294 e. The summed E-state index contributed by atoms with van der Waals surface area (Å²) in [4.78, 5) is 2.27. The Bertz CT molecular complexity index is 1720. The Labute approximate surface area is 269 Å². The lowest BCUT2D eigenvalue weighted by molar-refractivity contribution is -0.438. The minimum Gasteiger partial charge on any atom is -0.493 e. The van der Waals surface area contributed by atoms with E-state index in [1.165, 1.54) is 29.4 Å². The summed E-state index contributed by atoms with van der Waals surface area (Å²) in [5.74, 6) is 0.888. The number of allylic oxidation sites excluding steroid dienone is 4. The first kappa shape index (κ1) is 32.7. The maximum absolute atomic E-state index is 12.0. The summed E-state index contributed by atoms with van der Waals surface area (Å²) in [5, 5.41) is 0. The topological polar surface area (TPSA) is 69.8 Å². The van der Waals surface area contributed by atoms with Gasteiger partial charge in [0, 0.05) is 47.5 Å². The van der Waals surface area contributed by atoms with E-state index in [2.05, 4.69) is 86.6 Å². The first-order valence-electron chi connectivity index (χ1n) is 16.2. The van der Waals surface area contributed by atoms with Crippen LogP contribution in [-0.4, -0.2) is 43.0 Å². The molecule has 0 saturated heterocycles. The number of fused-ring (bicyclic) bond motifs is 2. The van der Waals surface area contributed by atoms with Crippen molar-refractivity contribution in [2.45, 2.75) is 82.4 Å². The molecule has 0 saturated carbocycles. The molecule has 6 nitrogen and oxygen atoms in total. The summed E-state index contributed by atoms with van der Waals surface area (Å²) < 4.78 is 42.3. The molecule has 0 spiro atoms. The molecule has 7 heteroatoms. The molecule has 45 heavy (non-hydrogen) atoms. The summed E-state index contributed by atoms with van der Waals surface area (Å²) in [6.07, 6.45) is 12.0. The fourth-order valence-electron chi connectivity index (χ4n) is 6.79. The number of benzene rings is 3. The molecule has 3 aromatic carbocycles. The van der Waals surface area contributed by atoms with Crippen LogP contribution in [0.5, 0.6) is 5.75 Å². The summed E-state index contributed by atoms with van der Waals surface area (Å²) in [6.45, 7) is 13.4. The van der Waals surface area contributed by atoms with Crippen LogP contribution in [0.25, 0.3) is 0 Å². The zero-order valence-electron chi connectivity index (χ0n) is 27.3. The quantitative estimate of drug-likeness (QED) is 0.117. The van der Waals surface area contributed by atoms with Gasteiger partial charge in [-0.3, -0.25) is 4.55 Å². The summed E-state index contributed by atoms with van der Waals surface area (Å²) in [6, 6.07) is 23.6. The van der Waals surface area contributed by atoms with Crippen molar-refractivity contribution in [1.82, 2.24) is 0 Å².